The Morgan fingerprint density at radius 3 is 2.76 bits per heavy atom. The number of carbonyl (C=O) groups excluding carboxylic acids is 1. The van der Waals surface area contributed by atoms with Crippen LogP contribution < -0.4 is 5.32 Å². The Morgan fingerprint density at radius 1 is 1.19 bits per heavy atom. The van der Waals surface area contributed by atoms with E-state index in [1.807, 2.05) is 18.2 Å². The van der Waals surface area contributed by atoms with Crippen molar-refractivity contribution in [3.8, 4) is 0 Å². The number of aromatic amines is 1. The van der Waals surface area contributed by atoms with Gasteiger partial charge in [-0.2, -0.15) is 5.10 Å². The summed E-state index contributed by atoms with van der Waals surface area (Å²) in [6, 6.07) is 10.1. The molecule has 0 bridgehead atoms. The van der Waals surface area contributed by atoms with Gasteiger partial charge in [0.25, 0.3) is 5.91 Å². The summed E-state index contributed by atoms with van der Waals surface area (Å²) in [6.07, 6.45) is 1.55. The molecule has 0 radical (unpaired) electrons. The van der Waals surface area contributed by atoms with Crippen molar-refractivity contribution in [3.63, 3.8) is 0 Å². The fourth-order valence-corrected chi connectivity index (χ4v) is 1.97. The van der Waals surface area contributed by atoms with E-state index in [2.05, 4.69) is 20.5 Å². The number of H-pyrrole nitrogens is 1. The van der Waals surface area contributed by atoms with E-state index >= 15 is 0 Å². The van der Waals surface area contributed by atoms with E-state index in [0.717, 1.165) is 0 Å². The van der Waals surface area contributed by atoms with Crippen molar-refractivity contribution in [2.45, 2.75) is 0 Å². The molecule has 3 N–H and O–H groups in total. The number of nitrogens with one attached hydrogen (secondary N) is 2. The van der Waals surface area contributed by atoms with Gasteiger partial charge >= 0.3 is 5.97 Å². The summed E-state index contributed by atoms with van der Waals surface area (Å²) >= 11 is 0. The maximum atomic E-state index is 12.3. The molecule has 3 aromatic rings. The van der Waals surface area contributed by atoms with Crippen molar-refractivity contribution in [3.05, 3.63) is 53.9 Å². The minimum absolute atomic E-state index is 0.0927. The van der Waals surface area contributed by atoms with Crippen molar-refractivity contribution in [2.24, 2.45) is 0 Å². The molecule has 1 amide bonds. The second-order valence-electron chi connectivity index (χ2n) is 4.30. The zero-order valence-electron chi connectivity index (χ0n) is 10.7. The first-order valence-electron chi connectivity index (χ1n) is 6.09. The van der Waals surface area contributed by atoms with E-state index in [1.165, 1.54) is 6.07 Å². The number of carboxylic acid groups (broad SMARTS) is 1. The summed E-state index contributed by atoms with van der Waals surface area (Å²) in [6.45, 7) is 0. The normalized spacial score (nSPS) is 10.5. The molecule has 1 aromatic carbocycles. The molecule has 2 heterocycles. The van der Waals surface area contributed by atoms with Gasteiger partial charge in [-0.05, 0) is 12.1 Å². The predicted octanol–water partition coefficient (Wildman–Crippen LogP) is 1.91. The molecule has 0 atom stereocenters. The minimum atomic E-state index is -1.14. The first-order valence-corrected chi connectivity index (χ1v) is 6.09. The number of aromatic nitrogens is 3. The van der Waals surface area contributed by atoms with Crippen LogP contribution in [0.2, 0.25) is 0 Å². The van der Waals surface area contributed by atoms with Crippen LogP contribution in [-0.4, -0.2) is 32.2 Å². The summed E-state index contributed by atoms with van der Waals surface area (Å²) in [5, 5.41) is 18.1. The van der Waals surface area contributed by atoms with Crippen LogP contribution in [0.5, 0.6) is 0 Å². The van der Waals surface area contributed by atoms with Gasteiger partial charge in [-0.1, -0.05) is 18.2 Å². The highest BCUT2D eigenvalue weighted by molar-refractivity contribution is 6.12. The zero-order valence-corrected chi connectivity index (χ0v) is 10.7. The highest BCUT2D eigenvalue weighted by atomic mass is 16.4. The third kappa shape index (κ3) is 2.44. The number of nitrogens with zero attached hydrogens (tertiary/aromatic N) is 2. The number of fused-ring (bicyclic) bond motifs is 1. The third-order valence-electron chi connectivity index (χ3n) is 2.94. The van der Waals surface area contributed by atoms with Crippen molar-refractivity contribution >= 4 is 28.6 Å². The lowest BCUT2D eigenvalue weighted by Gasteiger charge is -2.05. The fraction of sp³-hybridized carbons (Fsp3) is 0. The summed E-state index contributed by atoms with van der Waals surface area (Å²) in [5.41, 5.74) is 1.06. The second-order valence-corrected chi connectivity index (χ2v) is 4.30. The minimum Gasteiger partial charge on any atom is -0.477 e. The van der Waals surface area contributed by atoms with Crippen molar-refractivity contribution in [2.75, 3.05) is 5.32 Å². The number of carboxylic acids is 1. The van der Waals surface area contributed by atoms with Crippen LogP contribution in [0.15, 0.2) is 42.6 Å². The van der Waals surface area contributed by atoms with Gasteiger partial charge in [-0.15, -0.1) is 0 Å². The number of aromatic carboxylic acids is 1. The Bertz CT molecular complexity index is 836. The molecule has 0 spiro atoms. The molecule has 2 aromatic heterocycles. The lowest BCUT2D eigenvalue weighted by atomic mass is 10.1. The average molecular weight is 282 g/mol. The number of carbonyl (C=O) groups is 2. The number of hydrogen-bond donors (Lipinski definition) is 3. The van der Waals surface area contributed by atoms with Crippen LogP contribution in [0, 0.1) is 0 Å². The number of anilines is 1. The zero-order chi connectivity index (χ0) is 14.8. The Kier molecular flexibility index (Phi) is 3.07. The Hall–Kier alpha value is -3.22. The molecule has 0 fully saturated rings. The number of pyridine rings is 1. The quantitative estimate of drug-likeness (QED) is 0.680. The van der Waals surface area contributed by atoms with E-state index in [4.69, 9.17) is 5.11 Å². The summed E-state index contributed by atoms with van der Waals surface area (Å²) in [4.78, 5) is 27.2. The number of rotatable bonds is 3. The number of para-hydroxylation sites is 1. The van der Waals surface area contributed by atoms with E-state index in [-0.39, 0.29) is 17.4 Å². The number of amides is 1. The molecule has 0 saturated heterocycles. The summed E-state index contributed by atoms with van der Waals surface area (Å²) in [7, 11) is 0. The highest BCUT2D eigenvalue weighted by Crippen LogP contribution is 2.17. The average Bonchev–Trinajstić information content (AvgIpc) is 2.95. The van der Waals surface area contributed by atoms with Gasteiger partial charge in [-0.3, -0.25) is 14.9 Å². The van der Waals surface area contributed by atoms with Crippen LogP contribution in [0.4, 0.5) is 5.82 Å². The second kappa shape index (κ2) is 5.04. The molecule has 3 rings (SSSR count). The van der Waals surface area contributed by atoms with Crippen LogP contribution >= 0.6 is 0 Å². The molecule has 0 aliphatic heterocycles. The molecule has 21 heavy (non-hydrogen) atoms. The van der Waals surface area contributed by atoms with Gasteiger partial charge in [0.15, 0.2) is 5.82 Å². The molecular formula is C14H10N4O3. The molecule has 0 saturated carbocycles. The molecule has 0 unspecified atom stereocenters. The van der Waals surface area contributed by atoms with Gasteiger partial charge in [0, 0.05) is 17.6 Å². The van der Waals surface area contributed by atoms with Gasteiger partial charge in [0.1, 0.15) is 5.69 Å². The Balaban J connectivity index is 1.91. The third-order valence-corrected chi connectivity index (χ3v) is 2.94. The largest absolute Gasteiger partial charge is 0.477 e. The molecule has 0 aliphatic rings. The van der Waals surface area contributed by atoms with E-state index in [0.29, 0.717) is 16.5 Å². The van der Waals surface area contributed by atoms with Crippen LogP contribution in [0.25, 0.3) is 10.9 Å². The SMILES string of the molecule is O=C(O)c1cc(NC(=O)c2ccnc3ccccc23)n[nH]1. The van der Waals surface area contributed by atoms with Crippen molar-refractivity contribution in [1.29, 1.82) is 0 Å². The van der Waals surface area contributed by atoms with E-state index < -0.39 is 5.97 Å². The Labute approximate surface area is 118 Å². The van der Waals surface area contributed by atoms with E-state index in [1.54, 1.807) is 18.3 Å². The van der Waals surface area contributed by atoms with Crippen molar-refractivity contribution in [1.82, 2.24) is 15.2 Å². The fourth-order valence-electron chi connectivity index (χ4n) is 1.97. The molecule has 104 valence electrons. The van der Waals surface area contributed by atoms with Gasteiger partial charge in [-0.25, -0.2) is 4.79 Å². The first-order chi connectivity index (χ1) is 10.1. The summed E-state index contributed by atoms with van der Waals surface area (Å²) < 4.78 is 0. The predicted molar refractivity (Wildman–Crippen MR) is 75.2 cm³/mol. The smallest absolute Gasteiger partial charge is 0.353 e. The van der Waals surface area contributed by atoms with Gasteiger partial charge < -0.3 is 10.4 Å². The number of hydrogen-bond acceptors (Lipinski definition) is 4. The monoisotopic (exact) mass is 282 g/mol. The van der Waals surface area contributed by atoms with Crippen molar-refractivity contribution < 1.29 is 14.7 Å². The lowest BCUT2D eigenvalue weighted by Crippen LogP contribution is -2.12. The van der Waals surface area contributed by atoms with E-state index in [9.17, 15) is 9.59 Å². The maximum Gasteiger partial charge on any atom is 0.353 e. The maximum absolute atomic E-state index is 12.3. The highest BCUT2D eigenvalue weighted by Gasteiger charge is 2.13. The Morgan fingerprint density at radius 2 is 2.00 bits per heavy atom. The molecular weight excluding hydrogens is 272 g/mol. The molecule has 7 nitrogen and oxygen atoms in total. The van der Waals surface area contributed by atoms with Crippen LogP contribution in [-0.2, 0) is 0 Å². The molecule has 7 heteroatoms. The standard InChI is InChI=1S/C14H10N4O3/c19-13(16-12-7-11(14(20)21)17-18-12)9-5-6-15-10-4-2-1-3-8(9)10/h1-7H,(H,20,21)(H2,16,17,18,19). The topological polar surface area (TPSA) is 108 Å². The lowest BCUT2D eigenvalue weighted by molar-refractivity contribution is 0.0690. The summed E-state index contributed by atoms with van der Waals surface area (Å²) in [5.74, 6) is -1.37. The number of benzene rings is 1. The van der Waals surface area contributed by atoms with Gasteiger partial charge in [0.05, 0.1) is 11.1 Å². The molecule has 0 aliphatic carbocycles. The van der Waals surface area contributed by atoms with Crippen LogP contribution in [0.1, 0.15) is 20.8 Å². The van der Waals surface area contributed by atoms with Gasteiger partial charge in [0.2, 0.25) is 0 Å². The first kappa shape index (κ1) is 12.8. The van der Waals surface area contributed by atoms with Crippen LogP contribution in [0.3, 0.4) is 0 Å².